The molecule has 1 atom stereocenters. The first-order valence-electron chi connectivity index (χ1n) is 11.3. The zero-order valence-electron chi connectivity index (χ0n) is 19.5. The summed E-state index contributed by atoms with van der Waals surface area (Å²) < 4.78 is 26.4. The summed E-state index contributed by atoms with van der Waals surface area (Å²) in [5.41, 5.74) is 0.741. The quantitative estimate of drug-likeness (QED) is 0.493. The van der Waals surface area contributed by atoms with E-state index in [1.165, 1.54) is 23.1 Å². The summed E-state index contributed by atoms with van der Waals surface area (Å²) in [4.78, 5) is 40.2. The fourth-order valence-corrected chi connectivity index (χ4v) is 5.80. The van der Waals surface area contributed by atoms with E-state index < -0.39 is 27.9 Å². The van der Waals surface area contributed by atoms with Crippen LogP contribution >= 0.6 is 23.2 Å². The van der Waals surface area contributed by atoms with Crippen molar-refractivity contribution < 1.29 is 22.8 Å². The van der Waals surface area contributed by atoms with Crippen molar-refractivity contribution in [2.24, 2.45) is 0 Å². The summed E-state index contributed by atoms with van der Waals surface area (Å²) in [5, 5.41) is 3.49. The summed E-state index contributed by atoms with van der Waals surface area (Å²) in [6.45, 7) is 3.90. The van der Waals surface area contributed by atoms with Gasteiger partial charge in [-0.25, -0.2) is 12.7 Å². The van der Waals surface area contributed by atoms with Gasteiger partial charge in [-0.1, -0.05) is 55.2 Å². The van der Waals surface area contributed by atoms with E-state index in [4.69, 9.17) is 23.2 Å². The molecule has 0 saturated heterocycles. The maximum atomic E-state index is 13.4. The molecule has 0 radical (unpaired) electrons. The molecule has 1 aliphatic rings. The fraction of sp³-hybridized carbons (Fsp3) is 0.375. The van der Waals surface area contributed by atoms with Crippen LogP contribution in [0.1, 0.15) is 49.0 Å². The van der Waals surface area contributed by atoms with E-state index in [9.17, 15) is 22.8 Å². The van der Waals surface area contributed by atoms with E-state index in [0.29, 0.717) is 32.9 Å². The molecule has 0 aromatic heterocycles. The molecule has 0 spiro atoms. The Hall–Kier alpha value is -2.62. The van der Waals surface area contributed by atoms with Crippen molar-refractivity contribution in [1.82, 2.24) is 14.5 Å². The number of hydrogen-bond acceptors (Lipinski definition) is 5. The molecule has 1 N–H and O–H groups in total. The lowest BCUT2D eigenvalue weighted by Crippen LogP contribution is -2.49. The normalized spacial score (nSPS) is 15.0. The lowest BCUT2D eigenvalue weighted by atomic mass is 10.1. The van der Waals surface area contributed by atoms with Crippen LogP contribution in [0, 0.1) is 0 Å². The van der Waals surface area contributed by atoms with Crippen molar-refractivity contribution in [3.05, 3.63) is 63.6 Å². The molecular formula is C24H27Cl2N3O5S. The molecule has 1 aliphatic heterocycles. The van der Waals surface area contributed by atoms with Crippen LogP contribution in [-0.4, -0.2) is 54.5 Å². The van der Waals surface area contributed by atoms with E-state index >= 15 is 0 Å². The number of fused-ring (bicyclic) bond motifs is 1. The number of carbonyl (C=O) groups is 3. The van der Waals surface area contributed by atoms with E-state index in [2.05, 4.69) is 5.32 Å². The molecule has 1 heterocycles. The van der Waals surface area contributed by atoms with Crippen LogP contribution in [0.3, 0.4) is 0 Å². The third-order valence-electron chi connectivity index (χ3n) is 5.71. The Kier molecular flexibility index (Phi) is 8.79. The Bertz CT molecular complexity index is 1240. The Morgan fingerprint density at radius 3 is 2.43 bits per heavy atom. The van der Waals surface area contributed by atoms with Crippen LogP contribution in [0.2, 0.25) is 10.0 Å². The summed E-state index contributed by atoms with van der Waals surface area (Å²) in [6, 6.07) is 10.1. The van der Waals surface area contributed by atoms with E-state index in [0.717, 1.165) is 6.42 Å². The molecule has 188 valence electrons. The molecule has 11 heteroatoms. The second-order valence-corrected chi connectivity index (χ2v) is 10.8. The average molecular weight is 540 g/mol. The Morgan fingerprint density at radius 1 is 1.09 bits per heavy atom. The largest absolute Gasteiger partial charge is 0.354 e. The monoisotopic (exact) mass is 539 g/mol. The van der Waals surface area contributed by atoms with Gasteiger partial charge in [-0.3, -0.25) is 14.4 Å². The van der Waals surface area contributed by atoms with Gasteiger partial charge in [0.05, 0.1) is 15.6 Å². The molecule has 2 aromatic carbocycles. The smallest absolute Gasteiger partial charge is 0.269 e. The molecule has 0 saturated carbocycles. The minimum absolute atomic E-state index is 0.0642. The summed E-state index contributed by atoms with van der Waals surface area (Å²) >= 11 is 12.1. The number of nitrogens with zero attached hydrogens (tertiary/aromatic N) is 2. The first-order valence-corrected chi connectivity index (χ1v) is 13.5. The average Bonchev–Trinajstić information content (AvgIpc) is 3.03. The number of benzene rings is 2. The molecule has 35 heavy (non-hydrogen) atoms. The SMILES string of the molecule is CCCNC(=O)[C@@H](CC)N(Cc1ccc(Cl)c(Cl)c1)C(=O)CCN1C(=O)c2ccccc2S1(=O)=O. The lowest BCUT2D eigenvalue weighted by Gasteiger charge is -2.31. The van der Waals surface area contributed by atoms with Gasteiger partial charge in [0.15, 0.2) is 0 Å². The summed E-state index contributed by atoms with van der Waals surface area (Å²) in [6.07, 6.45) is 0.797. The fourth-order valence-electron chi connectivity index (χ4n) is 3.91. The molecule has 0 unspecified atom stereocenters. The van der Waals surface area contributed by atoms with Crippen LogP contribution in [0.15, 0.2) is 47.4 Å². The van der Waals surface area contributed by atoms with Gasteiger partial charge >= 0.3 is 0 Å². The van der Waals surface area contributed by atoms with Gasteiger partial charge in [-0.05, 0) is 42.7 Å². The third kappa shape index (κ3) is 5.79. The number of hydrogen-bond donors (Lipinski definition) is 1. The van der Waals surface area contributed by atoms with Crippen molar-refractivity contribution in [2.75, 3.05) is 13.1 Å². The highest BCUT2D eigenvalue weighted by Crippen LogP contribution is 2.30. The van der Waals surface area contributed by atoms with Crippen LogP contribution < -0.4 is 5.32 Å². The van der Waals surface area contributed by atoms with Gasteiger partial charge in [-0.15, -0.1) is 0 Å². The Balaban J connectivity index is 1.84. The van der Waals surface area contributed by atoms with Gasteiger partial charge in [-0.2, -0.15) is 0 Å². The molecule has 0 bridgehead atoms. The predicted octanol–water partition coefficient (Wildman–Crippen LogP) is 3.86. The van der Waals surface area contributed by atoms with E-state index in [-0.39, 0.29) is 35.9 Å². The van der Waals surface area contributed by atoms with Crippen LogP contribution in [0.25, 0.3) is 0 Å². The van der Waals surface area contributed by atoms with Crippen molar-refractivity contribution in [3.8, 4) is 0 Å². The zero-order chi connectivity index (χ0) is 25.8. The van der Waals surface area contributed by atoms with Crippen molar-refractivity contribution in [2.45, 2.75) is 50.6 Å². The third-order valence-corrected chi connectivity index (χ3v) is 8.29. The molecule has 0 aliphatic carbocycles. The highest BCUT2D eigenvalue weighted by molar-refractivity contribution is 7.90. The Morgan fingerprint density at radius 2 is 1.80 bits per heavy atom. The van der Waals surface area contributed by atoms with Crippen molar-refractivity contribution in [1.29, 1.82) is 0 Å². The molecule has 0 fully saturated rings. The molecule has 8 nitrogen and oxygen atoms in total. The van der Waals surface area contributed by atoms with Gasteiger partial charge < -0.3 is 10.2 Å². The number of sulfonamides is 1. The number of rotatable bonds is 10. The maximum Gasteiger partial charge on any atom is 0.269 e. The van der Waals surface area contributed by atoms with Gasteiger partial charge in [0.2, 0.25) is 11.8 Å². The van der Waals surface area contributed by atoms with Crippen LogP contribution in [-0.2, 0) is 26.2 Å². The number of amides is 3. The van der Waals surface area contributed by atoms with Gasteiger partial charge in [0.25, 0.3) is 15.9 Å². The van der Waals surface area contributed by atoms with Crippen LogP contribution in [0.4, 0.5) is 0 Å². The first-order chi connectivity index (χ1) is 16.6. The standard InChI is InChI=1S/C24H27Cl2N3O5S/c1-3-12-27-23(31)20(4-2)28(15-16-9-10-18(25)19(26)14-16)22(30)11-13-29-24(32)17-7-5-6-8-21(17)35(29,33)34/h5-10,14,20H,3-4,11-13,15H2,1-2H3,(H,27,31)/t20-/m1/s1. The molecule has 3 amide bonds. The minimum atomic E-state index is -4.04. The Labute approximate surface area is 215 Å². The highest BCUT2D eigenvalue weighted by Gasteiger charge is 2.41. The summed E-state index contributed by atoms with van der Waals surface area (Å²) in [7, 11) is -4.04. The predicted molar refractivity (Wildman–Crippen MR) is 134 cm³/mol. The molecule has 3 rings (SSSR count). The molecular weight excluding hydrogens is 513 g/mol. The molecule has 2 aromatic rings. The second-order valence-electron chi connectivity index (χ2n) is 8.11. The second kappa shape index (κ2) is 11.4. The van der Waals surface area contributed by atoms with Gasteiger partial charge in [0.1, 0.15) is 10.9 Å². The van der Waals surface area contributed by atoms with Gasteiger partial charge in [0, 0.05) is 26.1 Å². The number of carbonyl (C=O) groups excluding carboxylic acids is 3. The zero-order valence-corrected chi connectivity index (χ0v) is 21.8. The topological polar surface area (TPSA) is 104 Å². The highest BCUT2D eigenvalue weighted by atomic mass is 35.5. The minimum Gasteiger partial charge on any atom is -0.354 e. The van der Waals surface area contributed by atoms with E-state index in [1.807, 2.05) is 6.92 Å². The van der Waals surface area contributed by atoms with Crippen molar-refractivity contribution >= 4 is 50.9 Å². The maximum absolute atomic E-state index is 13.4. The number of nitrogens with one attached hydrogen (secondary N) is 1. The lowest BCUT2D eigenvalue weighted by molar-refractivity contribution is -0.141. The first kappa shape index (κ1) is 27.0. The number of halogens is 2. The van der Waals surface area contributed by atoms with E-state index in [1.54, 1.807) is 31.2 Å². The van der Waals surface area contributed by atoms with Crippen LogP contribution in [0.5, 0.6) is 0 Å². The van der Waals surface area contributed by atoms with Crippen molar-refractivity contribution in [3.63, 3.8) is 0 Å². The summed E-state index contributed by atoms with van der Waals surface area (Å²) in [5.74, 6) is -1.44.